The summed E-state index contributed by atoms with van der Waals surface area (Å²) in [7, 11) is 0. The molecular formula is C15H24N4O. The fourth-order valence-corrected chi connectivity index (χ4v) is 2.24. The van der Waals surface area contributed by atoms with Gasteiger partial charge in [0.25, 0.3) is 0 Å². The van der Waals surface area contributed by atoms with Gasteiger partial charge in [-0.25, -0.2) is 9.97 Å². The number of hydrogen-bond acceptors (Lipinski definition) is 4. The van der Waals surface area contributed by atoms with Crippen LogP contribution in [0.4, 0.5) is 0 Å². The first-order valence-corrected chi connectivity index (χ1v) is 7.04. The van der Waals surface area contributed by atoms with Crippen molar-refractivity contribution in [1.82, 2.24) is 14.5 Å². The maximum atomic E-state index is 5.50. The molecule has 0 amide bonds. The predicted molar refractivity (Wildman–Crippen MR) is 80.8 cm³/mol. The Morgan fingerprint density at radius 3 is 2.70 bits per heavy atom. The van der Waals surface area contributed by atoms with Crippen molar-refractivity contribution in [2.45, 2.75) is 39.7 Å². The number of aromatic nitrogens is 3. The minimum atomic E-state index is -0.0253. The topological polar surface area (TPSA) is 66.0 Å². The molecule has 0 spiro atoms. The maximum Gasteiger partial charge on any atom is 0.160 e. The highest BCUT2D eigenvalue weighted by atomic mass is 16.5. The SMILES string of the molecule is Cc1cnc2c(c1)nc(C(C)(C)C)n2CCOCCN. The second kappa shape index (κ2) is 5.89. The van der Waals surface area contributed by atoms with Gasteiger partial charge in [-0.1, -0.05) is 20.8 Å². The van der Waals surface area contributed by atoms with E-state index in [4.69, 9.17) is 15.5 Å². The molecule has 2 N–H and O–H groups in total. The van der Waals surface area contributed by atoms with Crippen molar-refractivity contribution >= 4 is 11.2 Å². The van der Waals surface area contributed by atoms with E-state index in [1.54, 1.807) is 0 Å². The summed E-state index contributed by atoms with van der Waals surface area (Å²) in [6.45, 7) is 11.0. The third kappa shape index (κ3) is 3.16. The summed E-state index contributed by atoms with van der Waals surface area (Å²) in [6, 6.07) is 2.08. The molecule has 0 aromatic carbocycles. The smallest absolute Gasteiger partial charge is 0.160 e. The third-order valence-corrected chi connectivity index (χ3v) is 3.11. The molecule has 20 heavy (non-hydrogen) atoms. The number of ether oxygens (including phenoxy) is 1. The summed E-state index contributed by atoms with van der Waals surface area (Å²) in [6.07, 6.45) is 1.88. The number of rotatable bonds is 5. The average molecular weight is 276 g/mol. The van der Waals surface area contributed by atoms with E-state index < -0.39 is 0 Å². The zero-order valence-corrected chi connectivity index (χ0v) is 12.8. The number of pyridine rings is 1. The van der Waals surface area contributed by atoms with E-state index in [0.717, 1.165) is 29.1 Å². The fourth-order valence-electron chi connectivity index (χ4n) is 2.24. The van der Waals surface area contributed by atoms with Crippen molar-refractivity contribution in [2.24, 2.45) is 5.73 Å². The summed E-state index contributed by atoms with van der Waals surface area (Å²) in [5, 5.41) is 0. The number of fused-ring (bicyclic) bond motifs is 1. The lowest BCUT2D eigenvalue weighted by Gasteiger charge is -2.19. The van der Waals surface area contributed by atoms with Crippen molar-refractivity contribution in [1.29, 1.82) is 0 Å². The van der Waals surface area contributed by atoms with Crippen LogP contribution in [0.2, 0.25) is 0 Å². The van der Waals surface area contributed by atoms with Gasteiger partial charge in [0.1, 0.15) is 11.3 Å². The monoisotopic (exact) mass is 276 g/mol. The third-order valence-electron chi connectivity index (χ3n) is 3.11. The Balaban J connectivity index is 2.37. The highest BCUT2D eigenvalue weighted by Gasteiger charge is 2.23. The molecule has 0 radical (unpaired) electrons. The lowest BCUT2D eigenvalue weighted by Crippen LogP contribution is -2.21. The molecule has 110 valence electrons. The van der Waals surface area contributed by atoms with Crippen LogP contribution in [-0.4, -0.2) is 34.3 Å². The number of hydrogen-bond donors (Lipinski definition) is 1. The number of aryl methyl sites for hydroxylation is 1. The molecule has 2 rings (SSSR count). The van der Waals surface area contributed by atoms with Gasteiger partial charge in [0.05, 0.1) is 13.2 Å². The van der Waals surface area contributed by atoms with Crippen LogP contribution in [0.5, 0.6) is 0 Å². The molecule has 0 unspecified atom stereocenters. The Morgan fingerprint density at radius 2 is 2.05 bits per heavy atom. The van der Waals surface area contributed by atoms with Gasteiger partial charge in [-0.2, -0.15) is 0 Å². The molecule has 0 fully saturated rings. The molecule has 0 saturated heterocycles. The van der Waals surface area contributed by atoms with E-state index >= 15 is 0 Å². The molecule has 0 aliphatic heterocycles. The van der Waals surface area contributed by atoms with Crippen LogP contribution in [0.15, 0.2) is 12.3 Å². The van der Waals surface area contributed by atoms with Crippen LogP contribution >= 0.6 is 0 Å². The summed E-state index contributed by atoms with van der Waals surface area (Å²) in [5.74, 6) is 1.04. The number of nitrogens with two attached hydrogens (primary N) is 1. The standard InChI is InChI=1S/C15H24N4O/c1-11-9-12-13(17-10-11)19(6-8-20-7-5-16)14(18-12)15(2,3)4/h9-10H,5-8,16H2,1-4H3. The second-order valence-corrected chi connectivity index (χ2v) is 6.09. The van der Waals surface area contributed by atoms with Crippen LogP contribution in [0.1, 0.15) is 32.2 Å². The highest BCUT2D eigenvalue weighted by molar-refractivity contribution is 5.72. The van der Waals surface area contributed by atoms with Crippen molar-refractivity contribution in [3.8, 4) is 0 Å². The molecule has 0 aliphatic carbocycles. The van der Waals surface area contributed by atoms with E-state index in [-0.39, 0.29) is 5.41 Å². The van der Waals surface area contributed by atoms with Crippen molar-refractivity contribution in [3.63, 3.8) is 0 Å². The van der Waals surface area contributed by atoms with Crippen molar-refractivity contribution in [3.05, 3.63) is 23.7 Å². The van der Waals surface area contributed by atoms with Gasteiger partial charge in [-0.15, -0.1) is 0 Å². The normalized spacial score (nSPS) is 12.2. The van der Waals surface area contributed by atoms with Gasteiger partial charge in [0.2, 0.25) is 0 Å². The summed E-state index contributed by atoms with van der Waals surface area (Å²) < 4.78 is 7.65. The van der Waals surface area contributed by atoms with Gasteiger partial charge in [0, 0.05) is 24.7 Å². The highest BCUT2D eigenvalue weighted by Crippen LogP contribution is 2.25. The minimum absolute atomic E-state index is 0.0253. The molecule has 0 bridgehead atoms. The molecule has 2 aromatic rings. The van der Waals surface area contributed by atoms with Gasteiger partial charge in [-0.05, 0) is 18.6 Å². The Labute approximate surface area is 120 Å². The Kier molecular flexibility index (Phi) is 4.40. The fraction of sp³-hybridized carbons (Fsp3) is 0.600. The van der Waals surface area contributed by atoms with E-state index in [1.807, 2.05) is 13.1 Å². The molecule has 0 aliphatic rings. The van der Waals surface area contributed by atoms with Crippen molar-refractivity contribution in [2.75, 3.05) is 19.8 Å². The number of nitrogens with zero attached hydrogens (tertiary/aromatic N) is 3. The molecule has 5 nitrogen and oxygen atoms in total. The van der Waals surface area contributed by atoms with E-state index in [1.165, 1.54) is 0 Å². The molecule has 2 aromatic heterocycles. The van der Waals surface area contributed by atoms with Crippen LogP contribution < -0.4 is 5.73 Å². The molecule has 2 heterocycles. The van der Waals surface area contributed by atoms with Crippen LogP contribution in [0, 0.1) is 6.92 Å². The first-order chi connectivity index (χ1) is 9.43. The second-order valence-electron chi connectivity index (χ2n) is 6.09. The lowest BCUT2D eigenvalue weighted by molar-refractivity contribution is 0.132. The van der Waals surface area contributed by atoms with Gasteiger partial charge in [0.15, 0.2) is 5.65 Å². The first kappa shape index (κ1) is 14.9. The summed E-state index contributed by atoms with van der Waals surface area (Å²) in [4.78, 5) is 9.30. The van der Waals surface area contributed by atoms with Crippen LogP contribution in [0.3, 0.4) is 0 Å². The first-order valence-electron chi connectivity index (χ1n) is 7.04. The molecular weight excluding hydrogens is 252 g/mol. The predicted octanol–water partition coefficient (Wildman–Crippen LogP) is 2.01. The van der Waals surface area contributed by atoms with E-state index in [2.05, 4.69) is 36.4 Å². The Hall–Kier alpha value is -1.46. The maximum absolute atomic E-state index is 5.50. The molecule has 0 atom stereocenters. The zero-order valence-electron chi connectivity index (χ0n) is 12.8. The average Bonchev–Trinajstić information content (AvgIpc) is 2.72. The molecule has 5 heteroatoms. The summed E-state index contributed by atoms with van der Waals surface area (Å²) >= 11 is 0. The van der Waals surface area contributed by atoms with Crippen LogP contribution in [-0.2, 0) is 16.7 Å². The van der Waals surface area contributed by atoms with E-state index in [0.29, 0.717) is 19.8 Å². The largest absolute Gasteiger partial charge is 0.378 e. The number of imidazole rings is 1. The molecule has 0 saturated carbocycles. The summed E-state index contributed by atoms with van der Waals surface area (Å²) in [5.41, 5.74) is 8.42. The zero-order chi connectivity index (χ0) is 14.8. The Bertz CT molecular complexity index is 583. The van der Waals surface area contributed by atoms with Gasteiger partial charge >= 0.3 is 0 Å². The Morgan fingerprint density at radius 1 is 1.30 bits per heavy atom. The van der Waals surface area contributed by atoms with Gasteiger partial charge < -0.3 is 15.0 Å². The van der Waals surface area contributed by atoms with Crippen molar-refractivity contribution < 1.29 is 4.74 Å². The van der Waals surface area contributed by atoms with Gasteiger partial charge in [-0.3, -0.25) is 0 Å². The quantitative estimate of drug-likeness (QED) is 0.848. The lowest BCUT2D eigenvalue weighted by atomic mass is 9.96. The van der Waals surface area contributed by atoms with E-state index in [9.17, 15) is 0 Å². The van der Waals surface area contributed by atoms with Crippen LogP contribution in [0.25, 0.3) is 11.2 Å². The minimum Gasteiger partial charge on any atom is -0.378 e.